The van der Waals surface area contributed by atoms with Crippen LogP contribution in [-0.4, -0.2) is 24.7 Å². The zero-order valence-corrected chi connectivity index (χ0v) is 14.9. The summed E-state index contributed by atoms with van der Waals surface area (Å²) in [4.78, 5) is 24.1. The van der Waals surface area contributed by atoms with Gasteiger partial charge in [0.15, 0.2) is 5.76 Å². The zero-order valence-electron chi connectivity index (χ0n) is 14.2. The largest absolute Gasteiger partial charge is 0.497 e. The molecule has 0 radical (unpaired) electrons. The van der Waals surface area contributed by atoms with Gasteiger partial charge >= 0.3 is 5.97 Å². The molecule has 5 nitrogen and oxygen atoms in total. The number of fused-ring (bicyclic) bond motifs is 1. The number of esters is 1. The summed E-state index contributed by atoms with van der Waals surface area (Å²) in [5.74, 6) is 1.47. The van der Waals surface area contributed by atoms with Crippen LogP contribution in [0.4, 0.5) is 0 Å². The number of hydrogen-bond donors (Lipinski definition) is 0. The second-order valence-corrected chi connectivity index (χ2v) is 6.02. The minimum atomic E-state index is -0.371. The fraction of sp³-hybridized carbons (Fsp3) is 0.200. The molecule has 0 bridgehead atoms. The quantitative estimate of drug-likeness (QED) is 0.328. The number of carbonyl (C=O) groups excluding carboxylic acids is 2. The van der Waals surface area contributed by atoms with E-state index in [0.29, 0.717) is 29.4 Å². The molecule has 2 aromatic rings. The zero-order chi connectivity index (χ0) is 18.5. The second kappa shape index (κ2) is 8.06. The first kappa shape index (κ1) is 18.0. The number of methoxy groups -OCH3 is 1. The van der Waals surface area contributed by atoms with E-state index in [-0.39, 0.29) is 23.9 Å². The molecule has 0 aliphatic carbocycles. The third-order valence-corrected chi connectivity index (χ3v) is 4.07. The van der Waals surface area contributed by atoms with Crippen molar-refractivity contribution < 1.29 is 23.8 Å². The van der Waals surface area contributed by atoms with Crippen molar-refractivity contribution in [1.29, 1.82) is 0 Å². The minimum absolute atomic E-state index is 0.212. The minimum Gasteiger partial charge on any atom is -0.497 e. The highest BCUT2D eigenvalue weighted by Crippen LogP contribution is 2.35. The molecule has 134 valence electrons. The summed E-state index contributed by atoms with van der Waals surface area (Å²) in [5.41, 5.74) is 1.25. The highest BCUT2D eigenvalue weighted by atomic mass is 35.5. The van der Waals surface area contributed by atoms with Crippen molar-refractivity contribution in [3.05, 3.63) is 59.4 Å². The fourth-order valence-corrected chi connectivity index (χ4v) is 2.61. The maximum atomic E-state index is 12.5. The topological polar surface area (TPSA) is 61.8 Å². The number of carbonyl (C=O) groups is 2. The Morgan fingerprint density at radius 3 is 2.58 bits per heavy atom. The van der Waals surface area contributed by atoms with Gasteiger partial charge in [0.1, 0.15) is 17.2 Å². The summed E-state index contributed by atoms with van der Waals surface area (Å²) in [6.45, 7) is 0. The summed E-state index contributed by atoms with van der Waals surface area (Å²) in [7, 11) is 1.59. The number of rotatable bonds is 6. The van der Waals surface area contributed by atoms with E-state index >= 15 is 0 Å². The molecule has 0 aromatic heterocycles. The number of hydrogen-bond acceptors (Lipinski definition) is 5. The lowest BCUT2D eigenvalue weighted by Gasteiger charge is -2.05. The summed E-state index contributed by atoms with van der Waals surface area (Å²) >= 11 is 5.56. The van der Waals surface area contributed by atoms with Crippen LogP contribution in [0.1, 0.15) is 28.8 Å². The van der Waals surface area contributed by atoms with E-state index in [9.17, 15) is 9.59 Å². The van der Waals surface area contributed by atoms with Gasteiger partial charge in [-0.05, 0) is 42.3 Å². The molecule has 0 saturated heterocycles. The van der Waals surface area contributed by atoms with E-state index in [1.807, 2.05) is 12.1 Å². The maximum absolute atomic E-state index is 12.5. The van der Waals surface area contributed by atoms with Gasteiger partial charge in [0.2, 0.25) is 5.78 Å². The van der Waals surface area contributed by atoms with Gasteiger partial charge in [0.25, 0.3) is 0 Å². The van der Waals surface area contributed by atoms with E-state index in [1.165, 1.54) is 0 Å². The Hall–Kier alpha value is -2.79. The van der Waals surface area contributed by atoms with Crippen LogP contribution in [0.25, 0.3) is 6.08 Å². The molecule has 0 unspecified atom stereocenters. The molecule has 0 spiro atoms. The summed E-state index contributed by atoms with van der Waals surface area (Å²) in [6, 6.07) is 12.0. The van der Waals surface area contributed by atoms with Crippen molar-refractivity contribution in [2.75, 3.05) is 13.0 Å². The van der Waals surface area contributed by atoms with Crippen LogP contribution in [0.5, 0.6) is 17.2 Å². The highest BCUT2D eigenvalue weighted by molar-refractivity contribution is 6.18. The van der Waals surface area contributed by atoms with Crippen LogP contribution in [0, 0.1) is 0 Å². The summed E-state index contributed by atoms with van der Waals surface area (Å²) in [6.07, 6.45) is 2.45. The van der Waals surface area contributed by atoms with Crippen LogP contribution < -0.4 is 14.2 Å². The molecule has 3 rings (SSSR count). The van der Waals surface area contributed by atoms with Crippen LogP contribution in [-0.2, 0) is 4.79 Å². The van der Waals surface area contributed by atoms with Gasteiger partial charge in [-0.1, -0.05) is 12.1 Å². The Bertz CT molecular complexity index is 855. The van der Waals surface area contributed by atoms with Crippen molar-refractivity contribution in [3.63, 3.8) is 0 Å². The summed E-state index contributed by atoms with van der Waals surface area (Å²) < 4.78 is 16.0. The number of allylic oxidation sites excluding steroid dienone is 1. The predicted molar refractivity (Wildman–Crippen MR) is 98.0 cm³/mol. The SMILES string of the molecule is COc1ccc(C=C2Oc3cc(OC(=O)CCCCl)ccc3C2=O)cc1. The maximum Gasteiger partial charge on any atom is 0.311 e. The van der Waals surface area contributed by atoms with Crippen molar-refractivity contribution in [2.24, 2.45) is 0 Å². The first-order chi connectivity index (χ1) is 12.6. The van der Waals surface area contributed by atoms with E-state index in [0.717, 1.165) is 11.3 Å². The Morgan fingerprint density at radius 1 is 1.15 bits per heavy atom. The monoisotopic (exact) mass is 372 g/mol. The van der Waals surface area contributed by atoms with Crippen LogP contribution in [0.15, 0.2) is 48.2 Å². The van der Waals surface area contributed by atoms with Gasteiger partial charge < -0.3 is 14.2 Å². The molecule has 0 saturated carbocycles. The standard InChI is InChI=1S/C20H17ClO5/c1-24-14-6-4-13(5-7-14)11-18-20(23)16-9-8-15(12-17(16)26-18)25-19(22)3-2-10-21/h4-9,11-12H,2-3,10H2,1H3. The Labute approximate surface area is 156 Å². The lowest BCUT2D eigenvalue weighted by atomic mass is 10.1. The van der Waals surface area contributed by atoms with Crippen molar-refractivity contribution in [1.82, 2.24) is 0 Å². The number of alkyl halides is 1. The number of Topliss-reactive ketones (excluding diaryl/α,β-unsaturated/α-hetero) is 1. The first-order valence-electron chi connectivity index (χ1n) is 8.09. The van der Waals surface area contributed by atoms with E-state index in [2.05, 4.69) is 0 Å². The molecule has 1 aliphatic rings. The smallest absolute Gasteiger partial charge is 0.311 e. The Balaban J connectivity index is 1.75. The van der Waals surface area contributed by atoms with Crippen molar-refractivity contribution >= 4 is 29.4 Å². The number of ether oxygens (including phenoxy) is 3. The number of halogens is 1. The molecule has 0 atom stereocenters. The average molecular weight is 373 g/mol. The van der Waals surface area contributed by atoms with E-state index in [1.54, 1.807) is 43.5 Å². The molecule has 1 aliphatic heterocycles. The molecule has 2 aromatic carbocycles. The van der Waals surface area contributed by atoms with E-state index in [4.69, 9.17) is 25.8 Å². The fourth-order valence-electron chi connectivity index (χ4n) is 2.48. The third-order valence-electron chi connectivity index (χ3n) is 3.80. The highest BCUT2D eigenvalue weighted by Gasteiger charge is 2.28. The summed E-state index contributed by atoms with van der Waals surface area (Å²) in [5, 5.41) is 0. The van der Waals surface area contributed by atoms with Crippen LogP contribution in [0.2, 0.25) is 0 Å². The normalized spacial score (nSPS) is 14.1. The predicted octanol–water partition coefficient (Wildman–Crippen LogP) is 4.24. The molecule has 0 N–H and O–H groups in total. The van der Waals surface area contributed by atoms with Gasteiger partial charge in [0.05, 0.1) is 12.7 Å². The molecule has 6 heteroatoms. The second-order valence-electron chi connectivity index (χ2n) is 5.64. The lowest BCUT2D eigenvalue weighted by molar-refractivity contribution is -0.134. The van der Waals surface area contributed by atoms with E-state index < -0.39 is 0 Å². The number of benzene rings is 2. The van der Waals surface area contributed by atoms with Gasteiger partial charge in [-0.3, -0.25) is 9.59 Å². The third kappa shape index (κ3) is 4.06. The molecule has 0 fully saturated rings. The molecule has 0 amide bonds. The first-order valence-corrected chi connectivity index (χ1v) is 8.63. The lowest BCUT2D eigenvalue weighted by Crippen LogP contribution is -2.07. The average Bonchev–Trinajstić information content (AvgIpc) is 2.95. The Morgan fingerprint density at radius 2 is 1.88 bits per heavy atom. The molecule has 1 heterocycles. The Kier molecular flexibility index (Phi) is 5.58. The van der Waals surface area contributed by atoms with Gasteiger partial charge in [-0.15, -0.1) is 11.6 Å². The van der Waals surface area contributed by atoms with Gasteiger partial charge in [0, 0.05) is 18.4 Å². The van der Waals surface area contributed by atoms with Crippen LogP contribution in [0.3, 0.4) is 0 Å². The van der Waals surface area contributed by atoms with Crippen LogP contribution >= 0.6 is 11.6 Å². The van der Waals surface area contributed by atoms with Gasteiger partial charge in [-0.25, -0.2) is 0 Å². The number of ketones is 1. The molecule has 26 heavy (non-hydrogen) atoms. The van der Waals surface area contributed by atoms with Gasteiger partial charge in [-0.2, -0.15) is 0 Å². The van der Waals surface area contributed by atoms with Crippen molar-refractivity contribution in [3.8, 4) is 17.2 Å². The molecular formula is C20H17ClO5. The molecular weight excluding hydrogens is 356 g/mol. The van der Waals surface area contributed by atoms with Crippen molar-refractivity contribution in [2.45, 2.75) is 12.8 Å².